The maximum atomic E-state index is 10.2. The van der Waals surface area contributed by atoms with Gasteiger partial charge in [0.05, 0.1) is 0 Å². The van der Waals surface area contributed by atoms with Crippen LogP contribution in [-0.4, -0.2) is 37.1 Å². The van der Waals surface area contributed by atoms with Crippen molar-refractivity contribution >= 4 is 167 Å². The van der Waals surface area contributed by atoms with Crippen LogP contribution in [0.2, 0.25) is 0 Å². The molecule has 0 radical (unpaired) electrons. The predicted octanol–water partition coefficient (Wildman–Crippen LogP) is -1.04. The van der Waals surface area contributed by atoms with Crippen LogP contribution in [0.25, 0.3) is 0 Å². The minimum absolute atomic E-state index is 0. The first kappa shape index (κ1) is 31.3. The van der Waals surface area contributed by atoms with E-state index in [1.165, 1.54) is 9.81 Å². The van der Waals surface area contributed by atoms with E-state index in [4.69, 9.17) is 0 Å². The maximum absolute atomic E-state index is 10.2. The van der Waals surface area contributed by atoms with E-state index in [-0.39, 0.29) is 34.0 Å². The quantitative estimate of drug-likeness (QED) is 0.233. The molecule has 0 aliphatic carbocycles. The fraction of sp³-hybridized carbons (Fsp3) is 0. The standard InChI is InChI=1S/3C6H3I2O.Bi.2BrH/c3*7-4-2-1-3-5(8)6(4)9;;;/h3*2-3,9H;;2*1H/p-2. The molecule has 0 fully saturated rings. The molecule has 0 atom stereocenters. The summed E-state index contributed by atoms with van der Waals surface area (Å²) < 4.78 is 8.77. The molecule has 0 aromatic heterocycles. The number of hydrogen-bond acceptors (Lipinski definition) is 3. The molecule has 3 rings (SSSR count). The van der Waals surface area contributed by atoms with Crippen molar-refractivity contribution in [1.82, 2.24) is 0 Å². The van der Waals surface area contributed by atoms with Gasteiger partial charge in [0.25, 0.3) is 0 Å². The Morgan fingerprint density at radius 2 is 0.600 bits per heavy atom. The average Bonchev–Trinajstić information content (AvgIpc) is 2.62. The van der Waals surface area contributed by atoms with Gasteiger partial charge in [-0.2, -0.15) is 0 Å². The minimum atomic E-state index is -2.74. The second-order valence-corrected chi connectivity index (χ2v) is 21.2. The van der Waals surface area contributed by atoms with E-state index in [2.05, 4.69) is 172 Å². The summed E-state index contributed by atoms with van der Waals surface area (Å²) in [5.41, 5.74) is 0. The summed E-state index contributed by atoms with van der Waals surface area (Å²) in [6.45, 7) is 0. The third-order valence-corrected chi connectivity index (χ3v) is 17.7. The molecule has 0 saturated heterocycles. The van der Waals surface area contributed by atoms with Gasteiger partial charge in [0.15, 0.2) is 0 Å². The summed E-state index contributed by atoms with van der Waals surface area (Å²) in [4.78, 5) is 0. The summed E-state index contributed by atoms with van der Waals surface area (Å²) in [7, 11) is 0. The molecule has 30 heavy (non-hydrogen) atoms. The normalized spacial score (nSPS) is 10.5. The number of benzene rings is 3. The molecule has 0 amide bonds. The van der Waals surface area contributed by atoms with Crippen molar-refractivity contribution < 1.29 is 49.3 Å². The van der Waals surface area contributed by atoms with Crippen molar-refractivity contribution in [3.05, 3.63) is 57.8 Å². The third-order valence-electron chi connectivity index (χ3n) is 3.78. The summed E-state index contributed by atoms with van der Waals surface area (Å²) in [5.74, 6) is 0.955. The molecular formula is C18H9BiBr2I6O3-2. The zero-order valence-corrected chi connectivity index (χ0v) is 33.9. The Bertz CT molecular complexity index is 894. The van der Waals surface area contributed by atoms with Crippen LogP contribution < -0.4 is 43.8 Å². The first-order valence-corrected chi connectivity index (χ1v) is 19.1. The second-order valence-electron chi connectivity index (χ2n) is 5.61. The van der Waals surface area contributed by atoms with Crippen molar-refractivity contribution in [2.24, 2.45) is 0 Å². The largest absolute Gasteiger partial charge is 1.00 e. The number of phenols is 3. The number of halogens is 8. The van der Waals surface area contributed by atoms with E-state index in [1.807, 2.05) is 0 Å². The second kappa shape index (κ2) is 13.6. The van der Waals surface area contributed by atoms with Crippen LogP contribution in [-0.2, 0) is 0 Å². The number of hydrogen-bond donors (Lipinski definition) is 3. The van der Waals surface area contributed by atoms with E-state index in [0.717, 1.165) is 21.4 Å². The molecular weight excluding hydrogens is 1390 g/mol. The van der Waals surface area contributed by atoms with E-state index in [1.54, 1.807) is 0 Å². The molecule has 0 aliphatic rings. The Balaban J connectivity index is 0.00000225. The molecule has 0 saturated carbocycles. The van der Waals surface area contributed by atoms with Crippen LogP contribution in [0, 0.1) is 21.4 Å². The molecule has 0 bridgehead atoms. The van der Waals surface area contributed by atoms with Gasteiger partial charge in [-0.25, -0.2) is 0 Å². The van der Waals surface area contributed by atoms with Crippen LogP contribution in [0.5, 0.6) is 17.2 Å². The van der Waals surface area contributed by atoms with Gasteiger partial charge in [0.1, 0.15) is 0 Å². The van der Waals surface area contributed by atoms with Crippen LogP contribution >= 0.6 is 136 Å². The third kappa shape index (κ3) is 7.16. The Hall–Kier alpha value is 3.28. The molecule has 3 aromatic carbocycles. The summed E-state index contributed by atoms with van der Waals surface area (Å²) in [6.07, 6.45) is 0. The van der Waals surface area contributed by atoms with Gasteiger partial charge in [-0.15, -0.1) is 0 Å². The van der Waals surface area contributed by atoms with E-state index in [9.17, 15) is 15.3 Å². The Morgan fingerprint density at radius 3 is 0.767 bits per heavy atom. The number of phenolic OH excluding ortho intramolecular Hbond substituents is 3. The maximum Gasteiger partial charge on any atom is -1.00 e. The van der Waals surface area contributed by atoms with Gasteiger partial charge in [0.2, 0.25) is 0 Å². The van der Waals surface area contributed by atoms with E-state index >= 15 is 0 Å². The fourth-order valence-corrected chi connectivity index (χ4v) is 23.3. The SMILES string of the molecule is Oc1c(I)c[c]([Bi]([c]2cc(I)c(O)c(I)c2)[c]2cc(I)c(O)c(I)c2)cc1I.[Br-].[Br-]. The average molecular weight is 1400 g/mol. The zero-order valence-electron chi connectivity index (χ0n) is 14.3. The molecule has 0 heterocycles. The van der Waals surface area contributed by atoms with Crippen LogP contribution in [0.1, 0.15) is 0 Å². The van der Waals surface area contributed by atoms with Gasteiger partial charge in [-0.1, -0.05) is 0 Å². The van der Waals surface area contributed by atoms with E-state index < -0.39 is 21.8 Å². The molecule has 162 valence electrons. The van der Waals surface area contributed by atoms with Gasteiger partial charge in [-0.3, -0.25) is 0 Å². The van der Waals surface area contributed by atoms with Gasteiger partial charge in [0, 0.05) is 0 Å². The zero-order chi connectivity index (χ0) is 20.7. The van der Waals surface area contributed by atoms with Crippen LogP contribution in [0.4, 0.5) is 0 Å². The molecule has 3 aromatic rings. The molecule has 3 nitrogen and oxygen atoms in total. The molecule has 0 spiro atoms. The van der Waals surface area contributed by atoms with E-state index in [0.29, 0.717) is 17.2 Å². The summed E-state index contributed by atoms with van der Waals surface area (Å²) in [6, 6.07) is 12.5. The van der Waals surface area contributed by atoms with Crippen molar-refractivity contribution in [3.63, 3.8) is 0 Å². The van der Waals surface area contributed by atoms with Gasteiger partial charge < -0.3 is 34.0 Å². The van der Waals surface area contributed by atoms with Gasteiger partial charge in [-0.05, 0) is 0 Å². The first-order chi connectivity index (χ1) is 13.1. The van der Waals surface area contributed by atoms with Gasteiger partial charge >= 0.3 is 257 Å². The fourth-order valence-electron chi connectivity index (χ4n) is 2.49. The summed E-state index contributed by atoms with van der Waals surface area (Å²) >= 11 is 10.3. The predicted molar refractivity (Wildman–Crippen MR) is 165 cm³/mol. The molecule has 0 unspecified atom stereocenters. The molecule has 0 aliphatic heterocycles. The Morgan fingerprint density at radius 1 is 0.433 bits per heavy atom. The smallest absolute Gasteiger partial charge is 1.00 e. The monoisotopic (exact) mass is 1400 g/mol. The molecule has 3 N–H and O–H groups in total. The number of rotatable bonds is 3. The van der Waals surface area contributed by atoms with Crippen molar-refractivity contribution in [3.8, 4) is 17.2 Å². The Kier molecular flexibility index (Phi) is 14.1. The van der Waals surface area contributed by atoms with Crippen molar-refractivity contribution in [2.45, 2.75) is 0 Å². The van der Waals surface area contributed by atoms with Crippen LogP contribution in [0.15, 0.2) is 36.4 Å². The first-order valence-electron chi connectivity index (χ1n) is 7.44. The van der Waals surface area contributed by atoms with Crippen LogP contribution in [0.3, 0.4) is 0 Å². The van der Waals surface area contributed by atoms with Crippen molar-refractivity contribution in [2.75, 3.05) is 0 Å². The van der Waals surface area contributed by atoms with Crippen molar-refractivity contribution in [1.29, 1.82) is 0 Å². The molecule has 12 heteroatoms. The topological polar surface area (TPSA) is 60.7 Å². The minimum Gasteiger partial charge on any atom is -1.00 e. The summed E-state index contributed by atoms with van der Waals surface area (Å²) in [5, 5.41) is 30.7. The number of aromatic hydroxyl groups is 3. The Labute approximate surface area is 285 Å².